The molecule has 1 amide bonds. The average Bonchev–Trinajstić information content (AvgIpc) is 3.08. The van der Waals surface area contributed by atoms with Crippen molar-refractivity contribution in [3.8, 4) is 0 Å². The van der Waals surface area contributed by atoms with Crippen LogP contribution < -0.4 is 0 Å². The van der Waals surface area contributed by atoms with Crippen LogP contribution in [0.2, 0.25) is 0 Å². The molecule has 2 fully saturated rings. The minimum absolute atomic E-state index is 0.0232. The summed E-state index contributed by atoms with van der Waals surface area (Å²) in [6.07, 6.45) is 11.1. The SMILES string of the molecule is CC(C)[N+](O)(C(=O)[C@H]1CC[C@H]2[C@@H]3CC=C4C=C([PH](=O)O)CC[C@]4(C)[C@H]3CC[C@]12C)C(C)C. The van der Waals surface area contributed by atoms with Crippen LogP contribution in [0.15, 0.2) is 23.0 Å². The third kappa shape index (κ3) is 3.37. The number of rotatable bonds is 4. The van der Waals surface area contributed by atoms with E-state index in [2.05, 4.69) is 19.9 Å². The van der Waals surface area contributed by atoms with Gasteiger partial charge >= 0.3 is 5.91 Å². The topological polar surface area (TPSA) is 74.6 Å². The van der Waals surface area contributed by atoms with Crippen molar-refractivity contribution in [1.29, 1.82) is 0 Å². The van der Waals surface area contributed by atoms with Gasteiger partial charge in [-0.15, -0.1) is 4.65 Å². The maximum absolute atomic E-state index is 13.8. The molecule has 2 saturated carbocycles. The van der Waals surface area contributed by atoms with Gasteiger partial charge in [0.15, 0.2) is 0 Å². The summed E-state index contributed by atoms with van der Waals surface area (Å²) in [6.45, 7) is 12.5. The van der Waals surface area contributed by atoms with E-state index in [0.29, 0.717) is 17.8 Å². The van der Waals surface area contributed by atoms with E-state index in [1.54, 1.807) is 0 Å². The van der Waals surface area contributed by atoms with E-state index in [4.69, 9.17) is 0 Å². The maximum Gasteiger partial charge on any atom is 0.349 e. The lowest BCUT2D eigenvalue weighted by Gasteiger charge is -2.57. The molecule has 4 rings (SSSR count). The minimum atomic E-state index is -2.60. The summed E-state index contributed by atoms with van der Waals surface area (Å²) in [5.74, 6) is 1.56. The zero-order valence-corrected chi connectivity index (χ0v) is 21.7. The first-order valence-electron chi connectivity index (χ1n) is 12.7. The molecule has 0 saturated heterocycles. The molecular formula is C26H43NO4P+. The molecule has 5 nitrogen and oxygen atoms in total. The van der Waals surface area contributed by atoms with Crippen LogP contribution in [0.25, 0.3) is 0 Å². The van der Waals surface area contributed by atoms with Gasteiger partial charge in [-0.2, -0.15) is 0 Å². The van der Waals surface area contributed by atoms with Crippen LogP contribution in [-0.2, 0) is 9.36 Å². The number of fused-ring (bicyclic) bond motifs is 5. The Bertz CT molecular complexity index is 869. The second-order valence-corrected chi connectivity index (χ2v) is 13.4. The highest BCUT2D eigenvalue weighted by Gasteiger charge is 2.63. The molecule has 4 aliphatic rings. The van der Waals surface area contributed by atoms with E-state index in [1.165, 1.54) is 5.57 Å². The molecule has 0 radical (unpaired) electrons. The summed E-state index contributed by atoms with van der Waals surface area (Å²) in [7, 11) is -2.60. The molecule has 0 aromatic rings. The van der Waals surface area contributed by atoms with Gasteiger partial charge in [0.2, 0.25) is 8.03 Å². The molecule has 32 heavy (non-hydrogen) atoms. The largest absolute Gasteiger partial charge is 0.349 e. The van der Waals surface area contributed by atoms with Gasteiger partial charge in [0.05, 0.1) is 5.92 Å². The quantitative estimate of drug-likeness (QED) is 0.229. The van der Waals surface area contributed by atoms with Crippen LogP contribution in [-0.4, -0.2) is 32.7 Å². The molecule has 1 unspecified atom stereocenters. The van der Waals surface area contributed by atoms with Crippen LogP contribution in [0.4, 0.5) is 0 Å². The van der Waals surface area contributed by atoms with Gasteiger partial charge in [0, 0.05) is 5.31 Å². The molecule has 7 atom stereocenters. The van der Waals surface area contributed by atoms with E-state index in [-0.39, 0.29) is 34.7 Å². The molecule has 6 heteroatoms. The fourth-order valence-electron chi connectivity index (χ4n) is 8.25. The molecular weight excluding hydrogens is 421 g/mol. The van der Waals surface area contributed by atoms with Crippen molar-refractivity contribution >= 4 is 13.9 Å². The zero-order valence-electron chi connectivity index (χ0n) is 20.7. The smallest absolute Gasteiger partial charge is 0.343 e. The molecule has 0 aliphatic heterocycles. The van der Waals surface area contributed by atoms with Gasteiger partial charge in [-0.3, -0.25) is 4.57 Å². The van der Waals surface area contributed by atoms with Crippen molar-refractivity contribution < 1.29 is 24.1 Å². The molecule has 0 aromatic heterocycles. The Morgan fingerprint density at radius 3 is 2.34 bits per heavy atom. The van der Waals surface area contributed by atoms with E-state index < -0.39 is 12.7 Å². The lowest BCUT2D eigenvalue weighted by atomic mass is 9.48. The maximum atomic E-state index is 13.8. The molecule has 0 heterocycles. The van der Waals surface area contributed by atoms with E-state index in [1.807, 2.05) is 33.8 Å². The van der Waals surface area contributed by atoms with E-state index in [9.17, 15) is 19.5 Å². The summed E-state index contributed by atoms with van der Waals surface area (Å²) in [6, 6.07) is -0.300. The Morgan fingerprint density at radius 1 is 1.09 bits per heavy atom. The number of amides is 1. The van der Waals surface area contributed by atoms with Gasteiger partial charge in [-0.05, 0) is 107 Å². The highest BCUT2D eigenvalue weighted by atomic mass is 31.1. The van der Waals surface area contributed by atoms with Crippen LogP contribution >= 0.6 is 8.03 Å². The Morgan fingerprint density at radius 2 is 1.75 bits per heavy atom. The van der Waals surface area contributed by atoms with Crippen LogP contribution in [0, 0.1) is 34.5 Å². The molecule has 2 N–H and O–H groups in total. The first kappa shape index (κ1) is 24.4. The van der Waals surface area contributed by atoms with Crippen molar-refractivity contribution in [3.63, 3.8) is 0 Å². The molecule has 0 spiro atoms. The number of carbonyl (C=O) groups excluding carboxylic acids is 1. The number of nitrogens with zero attached hydrogens (tertiary/aromatic N) is 1. The molecule has 0 aromatic carbocycles. The van der Waals surface area contributed by atoms with Gasteiger partial charge in [0.1, 0.15) is 12.1 Å². The number of hydrogen-bond acceptors (Lipinski definition) is 3. The molecule has 0 bridgehead atoms. The second-order valence-electron chi connectivity index (χ2n) is 12.1. The lowest BCUT2D eigenvalue weighted by molar-refractivity contribution is -1.07. The predicted octanol–water partition coefficient (Wildman–Crippen LogP) is 6.08. The zero-order chi connectivity index (χ0) is 23.6. The van der Waals surface area contributed by atoms with E-state index >= 15 is 0 Å². The van der Waals surface area contributed by atoms with Gasteiger partial charge in [0.25, 0.3) is 0 Å². The summed E-state index contributed by atoms with van der Waals surface area (Å²) < 4.78 is 11.3. The Hall–Kier alpha value is -0.740. The van der Waals surface area contributed by atoms with Gasteiger partial charge in [-0.25, -0.2) is 10.0 Å². The molecule has 180 valence electrons. The second kappa shape index (κ2) is 8.18. The fraction of sp³-hybridized carbons (Fsp3) is 0.808. The Kier molecular flexibility index (Phi) is 6.24. The Balaban J connectivity index is 1.64. The standard InChI is InChI=1S/C26H42NO4P/c1-16(2)27(29,17(3)4)24(28)23-10-9-21-20-8-7-18-15-19(32(30)31)11-13-25(18,5)22(20)12-14-26(21,23)6/h7,15-17,20-23,29,32H,8-14H2,1-6H3/p+1/t20-,21-,22-,23+,25-,26-/m0/s1. The van der Waals surface area contributed by atoms with Crippen LogP contribution in [0.1, 0.15) is 86.5 Å². The monoisotopic (exact) mass is 464 g/mol. The number of allylic oxidation sites excluding steroid dienone is 4. The van der Waals surface area contributed by atoms with Crippen molar-refractivity contribution in [3.05, 3.63) is 23.0 Å². The van der Waals surface area contributed by atoms with Crippen molar-refractivity contribution in [1.82, 2.24) is 0 Å². The van der Waals surface area contributed by atoms with E-state index in [0.717, 1.165) is 50.3 Å². The number of quaternary nitrogens is 1. The van der Waals surface area contributed by atoms with Crippen LogP contribution in [0.3, 0.4) is 0 Å². The first-order valence-corrected chi connectivity index (χ1v) is 14.0. The summed E-state index contributed by atoms with van der Waals surface area (Å²) in [4.78, 5) is 23.5. The summed E-state index contributed by atoms with van der Waals surface area (Å²) in [5.41, 5.74) is 1.29. The molecule has 4 aliphatic carbocycles. The van der Waals surface area contributed by atoms with Crippen molar-refractivity contribution in [2.45, 2.75) is 98.6 Å². The van der Waals surface area contributed by atoms with Gasteiger partial charge in [-0.1, -0.05) is 26.0 Å². The third-order valence-corrected chi connectivity index (χ3v) is 11.2. The fourth-order valence-corrected chi connectivity index (χ4v) is 8.87. The summed E-state index contributed by atoms with van der Waals surface area (Å²) >= 11 is 0. The van der Waals surface area contributed by atoms with Crippen LogP contribution in [0.5, 0.6) is 0 Å². The van der Waals surface area contributed by atoms with Crippen molar-refractivity contribution in [2.75, 3.05) is 0 Å². The normalized spacial score (nSPS) is 40.3. The minimum Gasteiger partial charge on any atom is -0.343 e. The number of carbonyl (C=O) groups is 1. The van der Waals surface area contributed by atoms with Gasteiger partial charge < -0.3 is 4.89 Å². The third-order valence-electron chi connectivity index (χ3n) is 10.3. The number of hydroxylamine groups is 3. The number of hydrogen-bond donors (Lipinski definition) is 2. The Labute approximate surface area is 194 Å². The average molecular weight is 465 g/mol. The lowest BCUT2D eigenvalue weighted by Crippen LogP contribution is -2.63. The van der Waals surface area contributed by atoms with Crippen molar-refractivity contribution in [2.24, 2.45) is 34.5 Å². The summed E-state index contributed by atoms with van der Waals surface area (Å²) in [5, 5.41) is 12.2. The highest BCUT2D eigenvalue weighted by molar-refractivity contribution is 7.43. The predicted molar refractivity (Wildman–Crippen MR) is 127 cm³/mol. The first-order chi connectivity index (χ1) is 14.9. The highest BCUT2D eigenvalue weighted by Crippen LogP contribution is 2.66.